The zero-order chi connectivity index (χ0) is 14.7. The van der Waals surface area contributed by atoms with E-state index in [1.807, 2.05) is 6.07 Å². The third-order valence-corrected chi connectivity index (χ3v) is 3.37. The molecule has 0 spiro atoms. The molecule has 2 rings (SSSR count). The summed E-state index contributed by atoms with van der Waals surface area (Å²) in [4.78, 5) is 12.4. The summed E-state index contributed by atoms with van der Waals surface area (Å²) in [5, 5.41) is 19.9. The molecular formula is C14H10BrN3O2. The van der Waals surface area contributed by atoms with Gasteiger partial charge in [-0.15, -0.1) is 0 Å². The summed E-state index contributed by atoms with van der Waals surface area (Å²) < 4.78 is 0.654. The minimum Gasteiger partial charge on any atom is -0.339 e. The van der Waals surface area contributed by atoms with E-state index in [1.165, 1.54) is 6.07 Å². The standard InChI is InChI=1S/C14H10BrN3O2/c1-17(12-5-2-10(9-16)3-6-12)13-7-4-11(15)8-14(13)18(19)20/h2-8H,1H3. The molecule has 2 aromatic rings. The van der Waals surface area contributed by atoms with E-state index in [4.69, 9.17) is 5.26 Å². The highest BCUT2D eigenvalue weighted by Gasteiger charge is 2.18. The Bertz CT molecular complexity index is 693. The number of rotatable bonds is 3. The quantitative estimate of drug-likeness (QED) is 0.629. The summed E-state index contributed by atoms with van der Waals surface area (Å²) in [5.74, 6) is 0. The van der Waals surface area contributed by atoms with Gasteiger partial charge in [-0.25, -0.2) is 0 Å². The average molecular weight is 332 g/mol. The molecule has 0 unspecified atom stereocenters. The summed E-state index contributed by atoms with van der Waals surface area (Å²) in [6.07, 6.45) is 0. The molecule has 0 atom stereocenters. The molecule has 100 valence electrons. The lowest BCUT2D eigenvalue weighted by molar-refractivity contribution is -0.384. The molecule has 0 aromatic heterocycles. The fourth-order valence-electron chi connectivity index (χ4n) is 1.83. The molecule has 0 aliphatic heterocycles. The first-order valence-corrected chi connectivity index (χ1v) is 6.50. The number of nitriles is 1. The van der Waals surface area contributed by atoms with Gasteiger partial charge in [0.1, 0.15) is 5.69 Å². The van der Waals surface area contributed by atoms with Crippen molar-refractivity contribution in [3.05, 3.63) is 62.6 Å². The molecule has 0 amide bonds. The van der Waals surface area contributed by atoms with Gasteiger partial charge in [-0.3, -0.25) is 10.1 Å². The Morgan fingerprint density at radius 3 is 2.45 bits per heavy atom. The lowest BCUT2D eigenvalue weighted by Gasteiger charge is -2.19. The molecule has 0 aliphatic rings. The van der Waals surface area contributed by atoms with Crippen LogP contribution in [-0.4, -0.2) is 12.0 Å². The molecule has 0 aliphatic carbocycles. The number of hydrogen-bond acceptors (Lipinski definition) is 4. The van der Waals surface area contributed by atoms with Crippen LogP contribution in [0.5, 0.6) is 0 Å². The Morgan fingerprint density at radius 2 is 1.90 bits per heavy atom. The Kier molecular flexibility index (Phi) is 4.01. The first-order chi connectivity index (χ1) is 9.52. The van der Waals surface area contributed by atoms with Crippen molar-refractivity contribution in [1.82, 2.24) is 0 Å². The second kappa shape index (κ2) is 5.72. The van der Waals surface area contributed by atoms with Crippen molar-refractivity contribution in [3.63, 3.8) is 0 Å². The third-order valence-electron chi connectivity index (χ3n) is 2.88. The SMILES string of the molecule is CN(c1ccc(C#N)cc1)c1ccc(Br)cc1[N+](=O)[O-]. The van der Waals surface area contributed by atoms with Crippen molar-refractivity contribution < 1.29 is 4.92 Å². The maximum Gasteiger partial charge on any atom is 0.293 e. The fourth-order valence-corrected chi connectivity index (χ4v) is 2.17. The van der Waals surface area contributed by atoms with Crippen molar-refractivity contribution in [2.45, 2.75) is 0 Å². The topological polar surface area (TPSA) is 70.2 Å². The predicted molar refractivity (Wildman–Crippen MR) is 80.0 cm³/mol. The van der Waals surface area contributed by atoms with Crippen LogP contribution in [0.2, 0.25) is 0 Å². The van der Waals surface area contributed by atoms with Crippen molar-refractivity contribution >= 4 is 33.0 Å². The van der Waals surface area contributed by atoms with Gasteiger partial charge in [0.15, 0.2) is 0 Å². The second-order valence-electron chi connectivity index (χ2n) is 4.11. The van der Waals surface area contributed by atoms with Gasteiger partial charge in [0, 0.05) is 23.3 Å². The number of benzene rings is 2. The van der Waals surface area contributed by atoms with Crippen LogP contribution >= 0.6 is 15.9 Å². The number of hydrogen-bond donors (Lipinski definition) is 0. The van der Waals surface area contributed by atoms with E-state index in [9.17, 15) is 10.1 Å². The predicted octanol–water partition coefficient (Wildman–Crippen LogP) is 4.00. The fraction of sp³-hybridized carbons (Fsp3) is 0.0714. The summed E-state index contributed by atoms with van der Waals surface area (Å²) in [6.45, 7) is 0. The van der Waals surface area contributed by atoms with Crippen LogP contribution in [-0.2, 0) is 0 Å². The Labute approximate surface area is 124 Å². The smallest absolute Gasteiger partial charge is 0.293 e. The highest BCUT2D eigenvalue weighted by molar-refractivity contribution is 9.10. The highest BCUT2D eigenvalue weighted by Crippen LogP contribution is 2.34. The van der Waals surface area contributed by atoms with Gasteiger partial charge in [0.2, 0.25) is 0 Å². The Morgan fingerprint density at radius 1 is 1.25 bits per heavy atom. The van der Waals surface area contributed by atoms with E-state index in [0.29, 0.717) is 15.7 Å². The molecule has 0 saturated heterocycles. The zero-order valence-corrected chi connectivity index (χ0v) is 12.2. The number of halogens is 1. The molecule has 0 radical (unpaired) electrons. The molecule has 20 heavy (non-hydrogen) atoms. The highest BCUT2D eigenvalue weighted by atomic mass is 79.9. The lowest BCUT2D eigenvalue weighted by Crippen LogP contribution is -2.11. The molecule has 0 bridgehead atoms. The minimum absolute atomic E-state index is 0.0197. The summed E-state index contributed by atoms with van der Waals surface area (Å²) >= 11 is 3.23. The van der Waals surface area contributed by atoms with Gasteiger partial charge in [-0.05, 0) is 36.4 Å². The molecular weight excluding hydrogens is 322 g/mol. The van der Waals surface area contributed by atoms with Crippen molar-refractivity contribution in [1.29, 1.82) is 5.26 Å². The molecule has 5 nitrogen and oxygen atoms in total. The van der Waals surface area contributed by atoms with Gasteiger partial charge in [0.25, 0.3) is 5.69 Å². The van der Waals surface area contributed by atoms with E-state index in [1.54, 1.807) is 48.3 Å². The average Bonchev–Trinajstić information content (AvgIpc) is 2.46. The Hall–Kier alpha value is -2.39. The second-order valence-corrected chi connectivity index (χ2v) is 5.02. The molecule has 0 heterocycles. The monoisotopic (exact) mass is 331 g/mol. The molecule has 2 aromatic carbocycles. The molecule has 0 saturated carbocycles. The van der Waals surface area contributed by atoms with Gasteiger partial charge in [0.05, 0.1) is 16.6 Å². The normalized spacial score (nSPS) is 9.85. The number of nitrogens with zero attached hydrogens (tertiary/aromatic N) is 3. The summed E-state index contributed by atoms with van der Waals surface area (Å²) in [7, 11) is 1.75. The van der Waals surface area contributed by atoms with Crippen molar-refractivity contribution in [2.75, 3.05) is 11.9 Å². The first-order valence-electron chi connectivity index (χ1n) is 5.71. The Balaban J connectivity index is 2.44. The summed E-state index contributed by atoms with van der Waals surface area (Å²) in [5.41, 5.74) is 1.83. The molecule has 0 fully saturated rings. The van der Waals surface area contributed by atoms with Gasteiger partial charge < -0.3 is 4.90 Å². The lowest BCUT2D eigenvalue weighted by atomic mass is 10.2. The van der Waals surface area contributed by atoms with Crippen molar-refractivity contribution in [2.24, 2.45) is 0 Å². The van der Waals surface area contributed by atoms with Crippen LogP contribution in [0.25, 0.3) is 0 Å². The van der Waals surface area contributed by atoms with E-state index in [-0.39, 0.29) is 5.69 Å². The van der Waals surface area contributed by atoms with Crippen molar-refractivity contribution in [3.8, 4) is 6.07 Å². The number of anilines is 2. The van der Waals surface area contributed by atoms with E-state index in [2.05, 4.69) is 15.9 Å². The van der Waals surface area contributed by atoms with Gasteiger partial charge in [-0.1, -0.05) is 15.9 Å². The van der Waals surface area contributed by atoms with Crippen LogP contribution in [0.1, 0.15) is 5.56 Å². The summed E-state index contributed by atoms with van der Waals surface area (Å²) in [6, 6.07) is 13.8. The van der Waals surface area contributed by atoms with Crippen LogP contribution in [0.15, 0.2) is 46.9 Å². The van der Waals surface area contributed by atoms with E-state index >= 15 is 0 Å². The van der Waals surface area contributed by atoms with Crippen LogP contribution < -0.4 is 4.90 Å². The van der Waals surface area contributed by atoms with Gasteiger partial charge in [-0.2, -0.15) is 5.26 Å². The zero-order valence-electron chi connectivity index (χ0n) is 10.6. The van der Waals surface area contributed by atoms with Crippen LogP contribution in [0, 0.1) is 21.4 Å². The largest absolute Gasteiger partial charge is 0.339 e. The molecule has 6 heteroatoms. The minimum atomic E-state index is -0.416. The maximum absolute atomic E-state index is 11.1. The molecule has 0 N–H and O–H groups in total. The number of nitro groups is 1. The first kappa shape index (κ1) is 14.0. The maximum atomic E-state index is 11.1. The number of nitro benzene ring substituents is 1. The van der Waals surface area contributed by atoms with E-state index < -0.39 is 4.92 Å². The third kappa shape index (κ3) is 2.78. The van der Waals surface area contributed by atoms with Crippen LogP contribution in [0.4, 0.5) is 17.1 Å². The van der Waals surface area contributed by atoms with E-state index in [0.717, 1.165) is 5.69 Å². The van der Waals surface area contributed by atoms with Crippen LogP contribution in [0.3, 0.4) is 0 Å². The van der Waals surface area contributed by atoms with Gasteiger partial charge >= 0.3 is 0 Å².